The molecule has 1 fully saturated rings. The lowest BCUT2D eigenvalue weighted by molar-refractivity contribution is 0.488. The quantitative estimate of drug-likeness (QED) is 0.556. The fourth-order valence-corrected chi connectivity index (χ4v) is 4.02. The summed E-state index contributed by atoms with van der Waals surface area (Å²) < 4.78 is 2.93. The molecule has 9 heteroatoms. The Bertz CT molecular complexity index is 1060. The van der Waals surface area contributed by atoms with Gasteiger partial charge in [0.05, 0.1) is 16.3 Å². The van der Waals surface area contributed by atoms with Crippen LogP contribution in [-0.2, 0) is 0 Å². The summed E-state index contributed by atoms with van der Waals surface area (Å²) in [5, 5.41) is 14.8. The first-order valence-corrected chi connectivity index (χ1v) is 8.94. The first-order chi connectivity index (χ1) is 12.2. The summed E-state index contributed by atoms with van der Waals surface area (Å²) >= 11 is 1.69. The highest BCUT2D eigenvalue weighted by atomic mass is 32.1. The third-order valence-corrected chi connectivity index (χ3v) is 5.60. The van der Waals surface area contributed by atoms with Gasteiger partial charge in [-0.3, -0.25) is 0 Å². The Hall–Kier alpha value is -2.81. The van der Waals surface area contributed by atoms with Crippen LogP contribution in [0.2, 0.25) is 0 Å². The van der Waals surface area contributed by atoms with E-state index in [0.29, 0.717) is 6.04 Å². The predicted octanol–water partition coefficient (Wildman–Crippen LogP) is 1.76. The maximum Gasteiger partial charge on any atom is 0.178 e. The minimum Gasteiger partial charge on any atom is -0.352 e. The summed E-state index contributed by atoms with van der Waals surface area (Å²) in [5.74, 6) is 2.75. The highest BCUT2D eigenvalue weighted by Gasteiger charge is 2.32. The normalized spacial score (nSPS) is 15.0. The average molecular weight is 352 g/mol. The van der Waals surface area contributed by atoms with Crippen molar-refractivity contribution in [2.75, 3.05) is 29.9 Å². The van der Waals surface area contributed by atoms with Crippen LogP contribution in [-0.4, -0.2) is 56.0 Å². The van der Waals surface area contributed by atoms with Crippen LogP contribution < -0.4 is 9.80 Å². The summed E-state index contributed by atoms with van der Waals surface area (Å²) in [5.41, 5.74) is 1.78. The van der Waals surface area contributed by atoms with E-state index in [2.05, 4.69) is 47.5 Å². The second kappa shape index (κ2) is 5.35. The number of anilines is 2. The molecule has 0 spiro atoms. The van der Waals surface area contributed by atoms with Gasteiger partial charge >= 0.3 is 0 Å². The summed E-state index contributed by atoms with van der Waals surface area (Å²) in [7, 11) is 2.10. The molecule has 0 N–H and O–H groups in total. The second-order valence-corrected chi connectivity index (χ2v) is 7.13. The molecule has 0 aromatic carbocycles. The van der Waals surface area contributed by atoms with E-state index >= 15 is 0 Å². The zero-order valence-corrected chi connectivity index (χ0v) is 14.7. The van der Waals surface area contributed by atoms with Crippen LogP contribution in [0.5, 0.6) is 0 Å². The van der Waals surface area contributed by atoms with Gasteiger partial charge < -0.3 is 9.80 Å². The number of nitrogens with zero attached hydrogens (tertiary/aromatic N) is 8. The minimum absolute atomic E-state index is 0.403. The molecule has 0 unspecified atom stereocenters. The summed E-state index contributed by atoms with van der Waals surface area (Å²) in [4.78, 5) is 13.3. The van der Waals surface area contributed by atoms with Crippen molar-refractivity contribution >= 4 is 38.8 Å². The molecule has 1 aliphatic heterocycles. The second-order valence-electron chi connectivity index (χ2n) is 6.21. The molecular weight excluding hydrogens is 336 g/mol. The van der Waals surface area contributed by atoms with Gasteiger partial charge in [0.2, 0.25) is 0 Å². The molecular formula is C16H16N8S. The van der Waals surface area contributed by atoms with Gasteiger partial charge in [0.15, 0.2) is 11.5 Å². The third kappa shape index (κ3) is 2.23. The molecule has 25 heavy (non-hydrogen) atoms. The van der Waals surface area contributed by atoms with Crippen LogP contribution in [0.3, 0.4) is 0 Å². The van der Waals surface area contributed by atoms with Crippen LogP contribution in [0.1, 0.15) is 5.82 Å². The molecule has 0 amide bonds. The Morgan fingerprint density at radius 3 is 2.92 bits per heavy atom. The molecule has 5 heterocycles. The van der Waals surface area contributed by atoms with E-state index in [9.17, 15) is 0 Å². The monoisotopic (exact) mass is 352 g/mol. The number of rotatable bonds is 3. The largest absolute Gasteiger partial charge is 0.352 e. The van der Waals surface area contributed by atoms with Crippen molar-refractivity contribution in [2.24, 2.45) is 0 Å². The average Bonchev–Trinajstić information content (AvgIpc) is 3.20. The lowest BCUT2D eigenvalue weighted by Gasteiger charge is -2.44. The number of aryl methyl sites for hydroxylation is 1. The molecule has 1 saturated heterocycles. The van der Waals surface area contributed by atoms with E-state index in [-0.39, 0.29) is 0 Å². The van der Waals surface area contributed by atoms with Gasteiger partial charge in [-0.25, -0.2) is 9.97 Å². The fraction of sp³-hybridized carbons (Fsp3) is 0.312. The van der Waals surface area contributed by atoms with Crippen molar-refractivity contribution < 1.29 is 0 Å². The fourth-order valence-electron chi connectivity index (χ4n) is 3.14. The van der Waals surface area contributed by atoms with Crippen molar-refractivity contribution in [1.29, 1.82) is 0 Å². The Labute approximate surface area is 147 Å². The van der Waals surface area contributed by atoms with Crippen LogP contribution in [0, 0.1) is 6.92 Å². The highest BCUT2D eigenvalue weighted by molar-refractivity contribution is 7.17. The smallest absolute Gasteiger partial charge is 0.178 e. The Balaban J connectivity index is 1.37. The molecule has 0 aliphatic carbocycles. The summed E-state index contributed by atoms with van der Waals surface area (Å²) in [6, 6.07) is 6.40. The topological polar surface area (TPSA) is 75.3 Å². The van der Waals surface area contributed by atoms with E-state index < -0.39 is 0 Å². The SMILES string of the molecule is Cc1nnc2ccc(N3CC(N(C)c4ncnc5ccsc45)C3)nn12. The van der Waals surface area contributed by atoms with Gasteiger partial charge in [0.1, 0.15) is 18.0 Å². The van der Waals surface area contributed by atoms with Crippen LogP contribution in [0.15, 0.2) is 29.9 Å². The number of fused-ring (bicyclic) bond motifs is 2. The Morgan fingerprint density at radius 1 is 1.16 bits per heavy atom. The van der Waals surface area contributed by atoms with Crippen molar-refractivity contribution in [3.8, 4) is 0 Å². The first-order valence-electron chi connectivity index (χ1n) is 8.06. The molecule has 0 saturated carbocycles. The van der Waals surface area contributed by atoms with Gasteiger partial charge in [-0.05, 0) is 30.5 Å². The lowest BCUT2D eigenvalue weighted by Crippen LogP contribution is -2.59. The molecule has 0 radical (unpaired) electrons. The van der Waals surface area contributed by atoms with Crippen molar-refractivity contribution in [3.05, 3.63) is 35.7 Å². The van der Waals surface area contributed by atoms with Gasteiger partial charge in [0.25, 0.3) is 0 Å². The van der Waals surface area contributed by atoms with Crippen molar-refractivity contribution in [1.82, 2.24) is 29.8 Å². The maximum atomic E-state index is 4.64. The van der Waals surface area contributed by atoms with Crippen molar-refractivity contribution in [2.45, 2.75) is 13.0 Å². The standard InChI is InChI=1S/C16H16N8S/c1-10-19-20-13-3-4-14(21-24(10)13)23-7-11(8-23)22(2)16-15-12(5-6-25-15)17-9-18-16/h3-6,9,11H,7-8H2,1-2H3. The van der Waals surface area contributed by atoms with Crippen LogP contribution >= 0.6 is 11.3 Å². The van der Waals surface area contributed by atoms with E-state index in [1.807, 2.05) is 25.1 Å². The lowest BCUT2D eigenvalue weighted by atomic mass is 10.1. The molecule has 126 valence electrons. The number of hydrogen-bond donors (Lipinski definition) is 0. The number of thiophene rings is 1. The van der Waals surface area contributed by atoms with E-state index in [1.54, 1.807) is 22.2 Å². The van der Waals surface area contributed by atoms with Gasteiger partial charge in [-0.2, -0.15) is 4.52 Å². The maximum absolute atomic E-state index is 4.64. The minimum atomic E-state index is 0.403. The number of likely N-dealkylation sites (N-methyl/N-ethyl adjacent to an activating group) is 1. The summed E-state index contributed by atoms with van der Waals surface area (Å²) in [6.07, 6.45) is 1.64. The molecule has 0 atom stereocenters. The third-order valence-electron chi connectivity index (χ3n) is 4.70. The number of aromatic nitrogens is 6. The van der Waals surface area contributed by atoms with Crippen molar-refractivity contribution in [3.63, 3.8) is 0 Å². The molecule has 4 aromatic rings. The molecule has 8 nitrogen and oxygen atoms in total. The zero-order chi connectivity index (χ0) is 17.0. The predicted molar refractivity (Wildman–Crippen MR) is 97.3 cm³/mol. The highest BCUT2D eigenvalue weighted by Crippen LogP contribution is 2.31. The Morgan fingerprint density at radius 2 is 2.04 bits per heavy atom. The van der Waals surface area contributed by atoms with Crippen LogP contribution in [0.25, 0.3) is 15.9 Å². The van der Waals surface area contributed by atoms with Gasteiger partial charge in [0, 0.05) is 20.1 Å². The van der Waals surface area contributed by atoms with E-state index in [1.165, 1.54) is 0 Å². The van der Waals surface area contributed by atoms with Gasteiger partial charge in [-0.1, -0.05) is 0 Å². The van der Waals surface area contributed by atoms with Gasteiger partial charge in [-0.15, -0.1) is 26.6 Å². The van der Waals surface area contributed by atoms with Crippen LogP contribution in [0.4, 0.5) is 11.6 Å². The first kappa shape index (κ1) is 14.5. The molecule has 1 aliphatic rings. The number of hydrogen-bond acceptors (Lipinski definition) is 8. The molecule has 4 aromatic heterocycles. The molecule has 5 rings (SSSR count). The summed E-state index contributed by atoms with van der Waals surface area (Å²) in [6.45, 7) is 3.73. The zero-order valence-electron chi connectivity index (χ0n) is 13.9. The van der Waals surface area contributed by atoms with E-state index in [4.69, 9.17) is 0 Å². The molecule has 0 bridgehead atoms. The Kier molecular flexibility index (Phi) is 3.11. The van der Waals surface area contributed by atoms with E-state index in [0.717, 1.165) is 46.4 Å².